The van der Waals surface area contributed by atoms with Crippen LogP contribution in [0.5, 0.6) is 5.75 Å². The molecule has 4 N–H and O–H groups in total. The molecule has 39 heavy (non-hydrogen) atoms. The number of aromatic carboxylic acids is 1. The third-order valence-corrected chi connectivity index (χ3v) is 5.95. The van der Waals surface area contributed by atoms with Crippen molar-refractivity contribution < 1.29 is 37.7 Å². The van der Waals surface area contributed by atoms with E-state index in [4.69, 9.17) is 5.11 Å². The summed E-state index contributed by atoms with van der Waals surface area (Å²) < 4.78 is 43.3. The van der Waals surface area contributed by atoms with E-state index in [0.29, 0.717) is 5.56 Å². The number of alkyl halides is 3. The van der Waals surface area contributed by atoms with Crippen LogP contribution in [0.1, 0.15) is 44.3 Å². The number of carbonyl (C=O) groups is 2. The lowest BCUT2D eigenvalue weighted by Crippen LogP contribution is -2.50. The Hall–Kier alpha value is -4.75. The number of aliphatic hydroxyl groups excluding tert-OH is 1. The van der Waals surface area contributed by atoms with E-state index >= 15 is 0 Å². The number of ether oxygens (including phenoxy) is 1. The summed E-state index contributed by atoms with van der Waals surface area (Å²) in [5.74, 6) is 2.85. The molecule has 4 rings (SSSR count). The monoisotopic (exact) mass is 536 g/mol. The molecule has 0 fully saturated rings. The van der Waals surface area contributed by atoms with E-state index in [9.17, 15) is 27.9 Å². The van der Waals surface area contributed by atoms with Crippen LogP contribution in [-0.2, 0) is 6.42 Å². The molecule has 1 atom stereocenters. The summed E-state index contributed by atoms with van der Waals surface area (Å²) in [4.78, 5) is 27.4. The highest BCUT2D eigenvalue weighted by Gasteiger charge is 2.34. The predicted octanol–water partition coefficient (Wildman–Crippen LogP) is 4.89. The number of hydrogen-bond donors (Lipinski definition) is 4. The number of halogens is 3. The van der Waals surface area contributed by atoms with Gasteiger partial charge in [0.05, 0.1) is 23.3 Å². The lowest BCUT2D eigenvalue weighted by Gasteiger charge is -2.29. The molecular formula is C29H23F3N2O5. The van der Waals surface area contributed by atoms with Crippen LogP contribution in [0.3, 0.4) is 0 Å². The molecule has 0 saturated heterocycles. The van der Waals surface area contributed by atoms with Gasteiger partial charge in [0.1, 0.15) is 5.75 Å². The van der Waals surface area contributed by atoms with Crippen LogP contribution >= 0.6 is 0 Å². The molecule has 1 heterocycles. The highest BCUT2D eigenvalue weighted by Crippen LogP contribution is 2.29. The fourth-order valence-corrected chi connectivity index (χ4v) is 4.02. The first-order valence-corrected chi connectivity index (χ1v) is 11.7. The van der Waals surface area contributed by atoms with Crippen molar-refractivity contribution in [1.82, 2.24) is 10.3 Å². The van der Waals surface area contributed by atoms with Crippen LogP contribution in [0.2, 0.25) is 0 Å². The second-order valence-corrected chi connectivity index (χ2v) is 9.10. The first-order valence-electron chi connectivity index (χ1n) is 11.7. The van der Waals surface area contributed by atoms with Crippen molar-refractivity contribution in [3.8, 4) is 17.6 Å². The van der Waals surface area contributed by atoms with Crippen molar-refractivity contribution in [2.45, 2.75) is 25.2 Å². The van der Waals surface area contributed by atoms with Gasteiger partial charge in [-0.3, -0.25) is 4.79 Å². The van der Waals surface area contributed by atoms with Gasteiger partial charge in [-0.15, -0.1) is 13.2 Å². The summed E-state index contributed by atoms with van der Waals surface area (Å²) in [5, 5.41) is 22.7. The van der Waals surface area contributed by atoms with Gasteiger partial charge in [0, 0.05) is 28.2 Å². The van der Waals surface area contributed by atoms with Gasteiger partial charge < -0.3 is 25.3 Å². The maximum absolute atomic E-state index is 13.3. The van der Waals surface area contributed by atoms with Crippen LogP contribution < -0.4 is 10.1 Å². The number of aromatic nitrogens is 1. The second kappa shape index (κ2) is 10.9. The van der Waals surface area contributed by atoms with Crippen molar-refractivity contribution in [3.05, 3.63) is 101 Å². The summed E-state index contributed by atoms with van der Waals surface area (Å²) in [7, 11) is 0. The van der Waals surface area contributed by atoms with Gasteiger partial charge in [0.2, 0.25) is 0 Å². The number of benzene rings is 3. The number of aliphatic hydroxyl groups is 1. The zero-order valence-electron chi connectivity index (χ0n) is 20.6. The Kier molecular flexibility index (Phi) is 7.65. The Morgan fingerprint density at radius 3 is 2.33 bits per heavy atom. The number of carboxylic acid groups (broad SMARTS) is 1. The largest absolute Gasteiger partial charge is 0.573 e. The quantitative estimate of drug-likeness (QED) is 0.252. The topological polar surface area (TPSA) is 112 Å². The van der Waals surface area contributed by atoms with E-state index in [-0.39, 0.29) is 17.5 Å². The van der Waals surface area contributed by atoms with Crippen molar-refractivity contribution in [3.63, 3.8) is 0 Å². The van der Waals surface area contributed by atoms with Gasteiger partial charge in [0.15, 0.2) is 0 Å². The van der Waals surface area contributed by atoms with Crippen molar-refractivity contribution in [2.24, 2.45) is 0 Å². The van der Waals surface area contributed by atoms with Gasteiger partial charge in [-0.25, -0.2) is 4.79 Å². The number of carbonyl (C=O) groups excluding carboxylic acids is 1. The van der Waals surface area contributed by atoms with Crippen molar-refractivity contribution >= 4 is 22.8 Å². The van der Waals surface area contributed by atoms with Crippen molar-refractivity contribution in [2.75, 3.05) is 6.61 Å². The molecule has 0 bridgehead atoms. The zero-order valence-corrected chi connectivity index (χ0v) is 20.6. The first kappa shape index (κ1) is 27.3. The van der Waals surface area contributed by atoms with Crippen LogP contribution in [0.15, 0.2) is 72.9 Å². The van der Waals surface area contributed by atoms with Crippen LogP contribution in [0, 0.1) is 11.8 Å². The minimum Gasteiger partial charge on any atom is -0.478 e. The molecule has 10 heteroatoms. The predicted molar refractivity (Wildman–Crippen MR) is 137 cm³/mol. The number of para-hydroxylation sites is 1. The molecule has 0 aliphatic rings. The molecule has 3 aromatic carbocycles. The van der Waals surface area contributed by atoms with Gasteiger partial charge in [-0.1, -0.05) is 30.0 Å². The van der Waals surface area contributed by atoms with Crippen molar-refractivity contribution in [1.29, 1.82) is 0 Å². The summed E-state index contributed by atoms with van der Waals surface area (Å²) in [6.07, 6.45) is -3.10. The lowest BCUT2D eigenvalue weighted by atomic mass is 9.92. The Balaban J connectivity index is 1.63. The number of H-pyrrole nitrogens is 1. The number of amides is 1. The summed E-state index contributed by atoms with van der Waals surface area (Å²) in [6.45, 7) is 1.10. The summed E-state index contributed by atoms with van der Waals surface area (Å²) >= 11 is 0. The highest BCUT2D eigenvalue weighted by molar-refractivity contribution is 5.98. The number of carboxylic acids is 1. The fourth-order valence-electron chi connectivity index (χ4n) is 4.02. The molecule has 0 aliphatic heterocycles. The zero-order chi connectivity index (χ0) is 28.2. The minimum absolute atomic E-state index is 0.0766. The average Bonchev–Trinajstić information content (AvgIpc) is 3.29. The van der Waals surface area contributed by atoms with Crippen LogP contribution in [0.25, 0.3) is 10.9 Å². The third-order valence-electron chi connectivity index (χ3n) is 5.95. The molecule has 0 saturated carbocycles. The standard InChI is InChI=1S/C29H23F3N2O5/c1-28(17-35,15-21-16-33-24-5-3-2-4-22(21)24)34-26(36)23-14-19(10-13-25(23)39-29(30,31)32)7-6-18-8-11-20(12-9-18)27(37)38/h2-5,8-14,16,33,35H,15,17H2,1H3,(H,34,36)(H,37,38). The molecule has 0 aliphatic carbocycles. The maximum Gasteiger partial charge on any atom is 0.573 e. The summed E-state index contributed by atoms with van der Waals surface area (Å²) in [6, 6.07) is 16.6. The second-order valence-electron chi connectivity index (χ2n) is 9.10. The number of hydrogen-bond acceptors (Lipinski definition) is 4. The number of aromatic amines is 1. The van der Waals surface area contributed by atoms with Gasteiger partial charge in [-0.2, -0.15) is 0 Å². The van der Waals surface area contributed by atoms with E-state index in [1.54, 1.807) is 13.1 Å². The normalized spacial score (nSPS) is 12.7. The van der Waals surface area contributed by atoms with Gasteiger partial charge >= 0.3 is 12.3 Å². The van der Waals surface area contributed by atoms with Gasteiger partial charge in [0.25, 0.3) is 5.91 Å². The minimum atomic E-state index is -5.04. The Morgan fingerprint density at radius 2 is 1.67 bits per heavy atom. The molecule has 4 aromatic rings. The van der Waals surface area contributed by atoms with E-state index in [2.05, 4.69) is 26.9 Å². The number of rotatable bonds is 7. The molecule has 200 valence electrons. The van der Waals surface area contributed by atoms with Gasteiger partial charge in [-0.05, 0) is 67.4 Å². The highest BCUT2D eigenvalue weighted by atomic mass is 19.4. The summed E-state index contributed by atoms with van der Waals surface area (Å²) in [5.41, 5.74) is 0.802. The van der Waals surface area contributed by atoms with E-state index in [0.717, 1.165) is 22.5 Å². The fraction of sp³-hybridized carbons (Fsp3) is 0.172. The number of nitrogens with one attached hydrogen (secondary N) is 2. The lowest BCUT2D eigenvalue weighted by molar-refractivity contribution is -0.274. The third kappa shape index (κ3) is 6.77. The van der Waals surface area contributed by atoms with Crippen LogP contribution in [0.4, 0.5) is 13.2 Å². The molecule has 1 aromatic heterocycles. The Labute approximate surface area is 221 Å². The van der Waals surface area contributed by atoms with Crippen LogP contribution in [-0.4, -0.2) is 45.6 Å². The molecule has 1 amide bonds. The molecule has 1 unspecified atom stereocenters. The van der Waals surface area contributed by atoms with E-state index in [1.165, 1.54) is 36.4 Å². The number of fused-ring (bicyclic) bond motifs is 1. The SMILES string of the molecule is CC(CO)(Cc1c[nH]c2ccccc12)NC(=O)c1cc(C#Cc2ccc(C(=O)O)cc2)ccc1OC(F)(F)F. The van der Waals surface area contributed by atoms with E-state index < -0.39 is 41.7 Å². The first-order chi connectivity index (χ1) is 18.5. The maximum atomic E-state index is 13.3. The smallest absolute Gasteiger partial charge is 0.478 e. The molecule has 0 radical (unpaired) electrons. The Bertz CT molecular complexity index is 1580. The Morgan fingerprint density at radius 1 is 1.00 bits per heavy atom. The molecular weight excluding hydrogens is 513 g/mol. The molecule has 7 nitrogen and oxygen atoms in total. The molecule has 0 spiro atoms. The average molecular weight is 537 g/mol. The van der Waals surface area contributed by atoms with E-state index in [1.807, 2.05) is 24.3 Å².